The van der Waals surface area contributed by atoms with Crippen molar-refractivity contribution in [2.24, 2.45) is 5.92 Å². The van der Waals surface area contributed by atoms with Crippen LogP contribution in [-0.4, -0.2) is 36.0 Å². The van der Waals surface area contributed by atoms with Crippen LogP contribution in [0.2, 0.25) is 0 Å². The number of aryl methyl sites for hydroxylation is 1. The lowest BCUT2D eigenvalue weighted by molar-refractivity contribution is 0.0453. The Morgan fingerprint density at radius 2 is 2.28 bits per heavy atom. The molecule has 0 bridgehead atoms. The average Bonchev–Trinajstić information content (AvgIpc) is 2.65. The minimum atomic E-state index is -3.61. The zero-order chi connectivity index (χ0) is 13.3. The van der Waals surface area contributed by atoms with Crippen molar-refractivity contribution in [3.63, 3.8) is 0 Å². The van der Waals surface area contributed by atoms with Crippen molar-refractivity contribution in [3.8, 4) is 0 Å². The number of aliphatic hydroxyl groups excluding tert-OH is 1. The fraction of sp³-hybridized carbons (Fsp3) is 0.700. The fourth-order valence-corrected chi connectivity index (χ4v) is 3.15. The highest BCUT2D eigenvalue weighted by Gasteiger charge is 2.29. The van der Waals surface area contributed by atoms with Crippen LogP contribution < -0.4 is 10.5 Å². The lowest BCUT2D eigenvalue weighted by Gasteiger charge is -2.31. The third-order valence-electron chi connectivity index (χ3n) is 3.14. The molecule has 0 spiro atoms. The highest BCUT2D eigenvalue weighted by molar-refractivity contribution is 7.89. The van der Waals surface area contributed by atoms with E-state index in [4.69, 9.17) is 10.8 Å². The van der Waals surface area contributed by atoms with Crippen molar-refractivity contribution in [2.75, 3.05) is 12.3 Å². The van der Waals surface area contributed by atoms with E-state index in [1.165, 1.54) is 10.9 Å². The van der Waals surface area contributed by atoms with E-state index < -0.39 is 10.0 Å². The molecule has 0 radical (unpaired) electrons. The van der Waals surface area contributed by atoms with Gasteiger partial charge in [0.1, 0.15) is 4.90 Å². The maximum absolute atomic E-state index is 12.0. The number of rotatable bonds is 5. The SMILES string of the molecule is CCn1cc(S(=O)(=O)NCC2CC(O)C2)c(N)n1. The maximum atomic E-state index is 12.0. The van der Waals surface area contributed by atoms with E-state index in [0.717, 1.165) is 0 Å². The minimum absolute atomic E-state index is 0.0120. The van der Waals surface area contributed by atoms with Gasteiger partial charge in [0.2, 0.25) is 10.0 Å². The number of aliphatic hydroxyl groups is 1. The largest absolute Gasteiger partial charge is 0.393 e. The van der Waals surface area contributed by atoms with Gasteiger partial charge in [0.25, 0.3) is 0 Å². The van der Waals surface area contributed by atoms with Crippen molar-refractivity contribution in [3.05, 3.63) is 6.20 Å². The second-order valence-corrected chi connectivity index (χ2v) is 6.31. The molecule has 4 N–H and O–H groups in total. The molecule has 1 aromatic heterocycles. The molecule has 0 atom stereocenters. The predicted octanol–water partition coefficient (Wildman–Crippen LogP) is -0.466. The number of nitrogen functional groups attached to an aromatic ring is 1. The van der Waals surface area contributed by atoms with Crippen LogP contribution in [0.5, 0.6) is 0 Å². The quantitative estimate of drug-likeness (QED) is 0.672. The number of hydrogen-bond donors (Lipinski definition) is 3. The van der Waals surface area contributed by atoms with Gasteiger partial charge >= 0.3 is 0 Å². The van der Waals surface area contributed by atoms with Crippen molar-refractivity contribution >= 4 is 15.8 Å². The Bertz CT molecular complexity index is 519. The minimum Gasteiger partial charge on any atom is -0.393 e. The van der Waals surface area contributed by atoms with Crippen molar-refractivity contribution in [1.82, 2.24) is 14.5 Å². The Kier molecular flexibility index (Phi) is 3.60. The summed E-state index contributed by atoms with van der Waals surface area (Å²) in [5.41, 5.74) is 5.59. The van der Waals surface area contributed by atoms with Crippen molar-refractivity contribution in [2.45, 2.75) is 37.3 Å². The van der Waals surface area contributed by atoms with Gasteiger partial charge in [-0.3, -0.25) is 4.68 Å². The molecule has 1 aliphatic rings. The average molecular weight is 274 g/mol. The number of nitrogens with two attached hydrogens (primary N) is 1. The normalized spacial score (nSPS) is 23.9. The Hall–Kier alpha value is -1.12. The number of nitrogens with zero attached hydrogens (tertiary/aromatic N) is 2. The smallest absolute Gasteiger partial charge is 0.245 e. The van der Waals surface area contributed by atoms with Crippen molar-refractivity contribution in [1.29, 1.82) is 0 Å². The molecule has 2 rings (SSSR count). The summed E-state index contributed by atoms with van der Waals surface area (Å²) in [4.78, 5) is 0.0178. The van der Waals surface area contributed by atoms with E-state index in [9.17, 15) is 8.42 Å². The molecule has 102 valence electrons. The van der Waals surface area contributed by atoms with E-state index in [0.29, 0.717) is 25.9 Å². The second-order valence-electron chi connectivity index (χ2n) is 4.58. The first-order valence-electron chi connectivity index (χ1n) is 5.93. The molecule has 0 saturated heterocycles. The molecule has 0 aromatic carbocycles. The van der Waals surface area contributed by atoms with Crippen LogP contribution in [0.1, 0.15) is 19.8 Å². The van der Waals surface area contributed by atoms with Gasteiger partial charge in [-0.1, -0.05) is 0 Å². The first-order valence-corrected chi connectivity index (χ1v) is 7.41. The molecular weight excluding hydrogens is 256 g/mol. The zero-order valence-electron chi connectivity index (χ0n) is 10.2. The number of nitrogens with one attached hydrogen (secondary N) is 1. The number of hydrogen-bond acceptors (Lipinski definition) is 5. The summed E-state index contributed by atoms with van der Waals surface area (Å²) in [5.74, 6) is 0.218. The van der Waals surface area contributed by atoms with E-state index >= 15 is 0 Å². The molecule has 0 amide bonds. The van der Waals surface area contributed by atoms with Gasteiger partial charge in [0, 0.05) is 19.3 Å². The zero-order valence-corrected chi connectivity index (χ0v) is 11.0. The Morgan fingerprint density at radius 1 is 1.61 bits per heavy atom. The standard InChI is InChI=1S/C10H18N4O3S/c1-2-14-6-9(10(11)13-14)18(16,17)12-5-7-3-8(15)4-7/h6-8,12,15H,2-5H2,1H3,(H2,11,13). The van der Waals surface area contributed by atoms with Gasteiger partial charge in [-0.05, 0) is 25.7 Å². The number of aromatic nitrogens is 2. The highest BCUT2D eigenvalue weighted by atomic mass is 32.2. The van der Waals surface area contributed by atoms with E-state index in [2.05, 4.69) is 9.82 Å². The third kappa shape index (κ3) is 2.65. The molecule has 8 heteroatoms. The molecular formula is C10H18N4O3S. The Balaban J connectivity index is 2.03. The second kappa shape index (κ2) is 4.87. The van der Waals surface area contributed by atoms with Crippen LogP contribution >= 0.6 is 0 Å². The topological polar surface area (TPSA) is 110 Å². The third-order valence-corrected chi connectivity index (χ3v) is 4.58. The monoisotopic (exact) mass is 274 g/mol. The highest BCUT2D eigenvalue weighted by Crippen LogP contribution is 2.27. The predicted molar refractivity (Wildman–Crippen MR) is 66.2 cm³/mol. The lowest BCUT2D eigenvalue weighted by atomic mass is 9.83. The van der Waals surface area contributed by atoms with E-state index in [1.807, 2.05) is 6.92 Å². The van der Waals surface area contributed by atoms with Crippen LogP contribution in [0.4, 0.5) is 5.82 Å². The van der Waals surface area contributed by atoms with Gasteiger partial charge in [0.05, 0.1) is 6.10 Å². The van der Waals surface area contributed by atoms with E-state index in [1.54, 1.807) is 0 Å². The summed E-state index contributed by atoms with van der Waals surface area (Å²) in [6.07, 6.45) is 2.43. The van der Waals surface area contributed by atoms with Gasteiger partial charge in [0.15, 0.2) is 5.82 Å². The maximum Gasteiger partial charge on any atom is 0.245 e. The molecule has 1 aromatic rings. The molecule has 7 nitrogen and oxygen atoms in total. The lowest BCUT2D eigenvalue weighted by Crippen LogP contribution is -2.38. The summed E-state index contributed by atoms with van der Waals surface area (Å²) in [6.45, 7) is 2.75. The molecule has 1 saturated carbocycles. The van der Waals surface area contributed by atoms with Crippen LogP contribution in [0.25, 0.3) is 0 Å². The first kappa shape index (κ1) is 13.3. The van der Waals surface area contributed by atoms with Crippen LogP contribution in [0.3, 0.4) is 0 Å². The van der Waals surface area contributed by atoms with Crippen LogP contribution in [0, 0.1) is 5.92 Å². The van der Waals surface area contributed by atoms with Gasteiger partial charge in [-0.2, -0.15) is 5.10 Å². The molecule has 1 aliphatic carbocycles. The number of sulfonamides is 1. The Morgan fingerprint density at radius 3 is 2.78 bits per heavy atom. The molecule has 0 unspecified atom stereocenters. The van der Waals surface area contributed by atoms with Gasteiger partial charge in [-0.15, -0.1) is 0 Å². The molecule has 0 aliphatic heterocycles. The first-order chi connectivity index (χ1) is 8.42. The summed E-state index contributed by atoms with van der Waals surface area (Å²) in [6, 6.07) is 0. The molecule has 18 heavy (non-hydrogen) atoms. The summed E-state index contributed by atoms with van der Waals surface area (Å²) < 4.78 is 28.0. The summed E-state index contributed by atoms with van der Waals surface area (Å²) in [5, 5.41) is 13.0. The number of anilines is 1. The van der Waals surface area contributed by atoms with Crippen LogP contribution in [0.15, 0.2) is 11.1 Å². The van der Waals surface area contributed by atoms with Crippen LogP contribution in [-0.2, 0) is 16.6 Å². The van der Waals surface area contributed by atoms with Crippen molar-refractivity contribution < 1.29 is 13.5 Å². The molecule has 1 heterocycles. The Labute approximate surface area is 106 Å². The fourth-order valence-electron chi connectivity index (χ4n) is 1.96. The van der Waals surface area contributed by atoms with Gasteiger partial charge in [-0.25, -0.2) is 13.1 Å². The summed E-state index contributed by atoms with van der Waals surface area (Å²) >= 11 is 0. The summed E-state index contributed by atoms with van der Waals surface area (Å²) in [7, 11) is -3.61. The molecule has 1 fully saturated rings. The van der Waals surface area contributed by atoms with Gasteiger partial charge < -0.3 is 10.8 Å². The van der Waals surface area contributed by atoms with E-state index in [-0.39, 0.29) is 22.7 Å².